The van der Waals surface area contributed by atoms with Crippen LogP contribution in [0.3, 0.4) is 0 Å². The van der Waals surface area contributed by atoms with Crippen molar-refractivity contribution in [2.45, 2.75) is 52.7 Å². The predicted octanol–water partition coefficient (Wildman–Crippen LogP) is 4.25. The van der Waals surface area contributed by atoms with Gasteiger partial charge in [0, 0.05) is 0 Å². The van der Waals surface area contributed by atoms with E-state index >= 15 is 0 Å². The Labute approximate surface area is 118 Å². The molecule has 0 unspecified atom stereocenters. The Morgan fingerprint density at radius 1 is 1.00 bits per heavy atom. The molecule has 0 aromatic rings. The molecule has 0 aromatic carbocycles. The highest BCUT2D eigenvalue weighted by Crippen LogP contribution is 2.38. The third kappa shape index (κ3) is 3.95. The van der Waals surface area contributed by atoms with Crippen LogP contribution in [0.1, 0.15) is 41.5 Å². The molecular formula is C16H25BO2. The van der Waals surface area contributed by atoms with Gasteiger partial charge in [0.15, 0.2) is 0 Å². The molecule has 1 rings (SSSR count). The van der Waals surface area contributed by atoms with Crippen LogP contribution < -0.4 is 0 Å². The third-order valence-corrected chi connectivity index (χ3v) is 3.56. The summed E-state index contributed by atoms with van der Waals surface area (Å²) in [7, 11) is -0.336. The lowest BCUT2D eigenvalue weighted by Gasteiger charge is -2.32. The zero-order chi connectivity index (χ0) is 14.7. The van der Waals surface area contributed by atoms with Gasteiger partial charge in [-0.1, -0.05) is 42.5 Å². The second kappa shape index (κ2) is 5.93. The second-order valence-electron chi connectivity index (χ2n) is 6.09. The molecule has 0 radical (unpaired) electrons. The van der Waals surface area contributed by atoms with E-state index in [0.29, 0.717) is 0 Å². The Morgan fingerprint density at radius 2 is 1.53 bits per heavy atom. The maximum Gasteiger partial charge on any atom is 0.494 e. The number of hydrogen-bond acceptors (Lipinski definition) is 2. The molecule has 1 fully saturated rings. The Bertz CT molecular complexity index is 408. The lowest BCUT2D eigenvalue weighted by molar-refractivity contribution is 0.00578. The van der Waals surface area contributed by atoms with Gasteiger partial charge in [-0.15, -0.1) is 0 Å². The van der Waals surface area contributed by atoms with E-state index in [9.17, 15) is 0 Å². The molecule has 0 bridgehead atoms. The molecule has 0 saturated carbocycles. The zero-order valence-electron chi connectivity index (χ0n) is 13.0. The normalized spacial score (nSPS) is 21.8. The minimum absolute atomic E-state index is 0.316. The van der Waals surface area contributed by atoms with Gasteiger partial charge in [0.25, 0.3) is 0 Å². The fourth-order valence-electron chi connectivity index (χ4n) is 1.63. The van der Waals surface area contributed by atoms with Gasteiger partial charge >= 0.3 is 7.12 Å². The standard InChI is InChI=1S/C16H25BO2/c1-8-9-10-14(12-11-13(2)3)17-18-15(4,5)16(6,7)19-17/h8-12H,1H2,2-7H3/b10-9-,14-12+. The van der Waals surface area contributed by atoms with E-state index in [-0.39, 0.29) is 18.3 Å². The van der Waals surface area contributed by atoms with Crippen LogP contribution in [-0.4, -0.2) is 18.3 Å². The van der Waals surface area contributed by atoms with Crippen LogP contribution >= 0.6 is 0 Å². The summed E-state index contributed by atoms with van der Waals surface area (Å²) in [5.74, 6) is 0. The second-order valence-corrected chi connectivity index (χ2v) is 6.09. The fourth-order valence-corrected chi connectivity index (χ4v) is 1.63. The first-order valence-electron chi connectivity index (χ1n) is 6.69. The summed E-state index contributed by atoms with van der Waals surface area (Å²) in [6, 6.07) is 0. The lowest BCUT2D eigenvalue weighted by Crippen LogP contribution is -2.41. The van der Waals surface area contributed by atoms with E-state index in [4.69, 9.17) is 9.31 Å². The Morgan fingerprint density at radius 3 is 1.95 bits per heavy atom. The van der Waals surface area contributed by atoms with Crippen molar-refractivity contribution in [1.82, 2.24) is 0 Å². The van der Waals surface area contributed by atoms with E-state index in [1.54, 1.807) is 6.08 Å². The summed E-state index contributed by atoms with van der Waals surface area (Å²) in [5, 5.41) is 0. The van der Waals surface area contributed by atoms with Gasteiger partial charge < -0.3 is 9.31 Å². The van der Waals surface area contributed by atoms with Crippen LogP contribution in [0.4, 0.5) is 0 Å². The van der Waals surface area contributed by atoms with Crippen molar-refractivity contribution in [1.29, 1.82) is 0 Å². The van der Waals surface area contributed by atoms with E-state index in [2.05, 4.69) is 54.2 Å². The van der Waals surface area contributed by atoms with Crippen molar-refractivity contribution in [3.05, 3.63) is 48.0 Å². The third-order valence-electron chi connectivity index (χ3n) is 3.56. The highest BCUT2D eigenvalue weighted by Gasteiger charge is 2.51. The number of hydrogen-bond donors (Lipinski definition) is 0. The van der Waals surface area contributed by atoms with Crippen molar-refractivity contribution in [2.75, 3.05) is 0 Å². The van der Waals surface area contributed by atoms with Crippen molar-refractivity contribution < 1.29 is 9.31 Å². The Hall–Kier alpha value is -1.06. The van der Waals surface area contributed by atoms with Crippen LogP contribution in [0.2, 0.25) is 0 Å². The monoisotopic (exact) mass is 260 g/mol. The molecule has 0 aliphatic carbocycles. The quantitative estimate of drug-likeness (QED) is 0.555. The van der Waals surface area contributed by atoms with Crippen LogP contribution in [0.15, 0.2) is 48.0 Å². The molecule has 0 N–H and O–H groups in total. The first-order chi connectivity index (χ1) is 8.69. The molecule has 0 amide bonds. The lowest BCUT2D eigenvalue weighted by atomic mass is 9.77. The maximum absolute atomic E-state index is 6.05. The van der Waals surface area contributed by atoms with E-state index in [0.717, 1.165) is 5.47 Å². The van der Waals surface area contributed by atoms with E-state index in [1.807, 2.05) is 18.2 Å². The molecule has 1 aliphatic heterocycles. The summed E-state index contributed by atoms with van der Waals surface area (Å²) in [5.41, 5.74) is 1.61. The molecule has 1 aliphatic rings. The summed E-state index contributed by atoms with van der Waals surface area (Å²) in [6.45, 7) is 16.1. The first kappa shape index (κ1) is 16.0. The van der Waals surface area contributed by atoms with Crippen LogP contribution in [0.5, 0.6) is 0 Å². The average molecular weight is 260 g/mol. The number of rotatable bonds is 4. The minimum atomic E-state index is -0.336. The Balaban J connectivity index is 3.02. The largest absolute Gasteiger partial charge is 0.494 e. The first-order valence-corrected chi connectivity index (χ1v) is 6.69. The molecule has 0 aromatic heterocycles. The molecule has 1 saturated heterocycles. The SMILES string of the molecule is C=C/C=C\C(=C/C=C(C)C)B1OC(C)(C)C(C)(C)O1. The summed E-state index contributed by atoms with van der Waals surface area (Å²) in [6.07, 6.45) is 9.73. The van der Waals surface area contributed by atoms with Crippen LogP contribution in [0, 0.1) is 0 Å². The fraction of sp³-hybridized carbons (Fsp3) is 0.500. The van der Waals surface area contributed by atoms with Gasteiger partial charge in [-0.05, 0) is 47.0 Å². The molecule has 1 heterocycles. The van der Waals surface area contributed by atoms with E-state index < -0.39 is 0 Å². The Kier molecular flexibility index (Phi) is 5.00. The molecule has 3 heteroatoms. The highest BCUT2D eigenvalue weighted by molar-refractivity contribution is 6.55. The van der Waals surface area contributed by atoms with Gasteiger partial charge in [0.1, 0.15) is 0 Å². The van der Waals surface area contributed by atoms with Gasteiger partial charge in [-0.25, -0.2) is 0 Å². The predicted molar refractivity (Wildman–Crippen MR) is 82.9 cm³/mol. The number of allylic oxidation sites excluding steroid dienone is 7. The van der Waals surface area contributed by atoms with Crippen LogP contribution in [0.25, 0.3) is 0 Å². The van der Waals surface area contributed by atoms with Gasteiger partial charge in [0.05, 0.1) is 11.2 Å². The van der Waals surface area contributed by atoms with Crippen molar-refractivity contribution >= 4 is 7.12 Å². The van der Waals surface area contributed by atoms with Crippen LogP contribution in [-0.2, 0) is 9.31 Å². The van der Waals surface area contributed by atoms with Crippen molar-refractivity contribution in [2.24, 2.45) is 0 Å². The van der Waals surface area contributed by atoms with Gasteiger partial charge in [-0.3, -0.25) is 0 Å². The summed E-state index contributed by atoms with van der Waals surface area (Å²) < 4.78 is 12.1. The van der Waals surface area contributed by atoms with Crippen molar-refractivity contribution in [3.63, 3.8) is 0 Å². The summed E-state index contributed by atoms with van der Waals surface area (Å²) >= 11 is 0. The minimum Gasteiger partial charge on any atom is -0.399 e. The highest BCUT2D eigenvalue weighted by atomic mass is 16.7. The molecule has 0 spiro atoms. The molecule has 19 heavy (non-hydrogen) atoms. The average Bonchev–Trinajstić information content (AvgIpc) is 2.47. The topological polar surface area (TPSA) is 18.5 Å². The molecule has 104 valence electrons. The molecular weight excluding hydrogens is 235 g/mol. The van der Waals surface area contributed by atoms with Crippen molar-refractivity contribution in [3.8, 4) is 0 Å². The van der Waals surface area contributed by atoms with Gasteiger partial charge in [-0.2, -0.15) is 0 Å². The van der Waals surface area contributed by atoms with E-state index in [1.165, 1.54) is 5.57 Å². The zero-order valence-corrected chi connectivity index (χ0v) is 13.0. The van der Waals surface area contributed by atoms with Gasteiger partial charge in [0.2, 0.25) is 0 Å². The molecule has 2 nitrogen and oxygen atoms in total. The summed E-state index contributed by atoms with van der Waals surface area (Å²) in [4.78, 5) is 0. The molecule has 0 atom stereocenters. The maximum atomic E-state index is 6.05. The smallest absolute Gasteiger partial charge is 0.399 e.